The Bertz CT molecular complexity index is 860. The molecule has 1 amide bonds. The van der Waals surface area contributed by atoms with Gasteiger partial charge in [0.05, 0.1) is 7.11 Å². The van der Waals surface area contributed by atoms with Gasteiger partial charge >= 0.3 is 0 Å². The zero-order valence-electron chi connectivity index (χ0n) is 17.4. The van der Waals surface area contributed by atoms with Crippen LogP contribution < -0.4 is 20.5 Å². The van der Waals surface area contributed by atoms with E-state index in [0.717, 1.165) is 38.3 Å². The highest BCUT2D eigenvalue weighted by Gasteiger charge is 2.34. The van der Waals surface area contributed by atoms with Gasteiger partial charge in [0.15, 0.2) is 0 Å². The minimum atomic E-state index is -0.172. The predicted octanol–water partition coefficient (Wildman–Crippen LogP) is 2.57. The number of carbonyl (C=O) groups is 1. The van der Waals surface area contributed by atoms with Crippen molar-refractivity contribution in [1.82, 2.24) is 15.8 Å². The summed E-state index contributed by atoms with van der Waals surface area (Å²) in [7, 11) is 1.68. The molecular formula is C23H30N4O2. The molecule has 4 rings (SSSR count). The maximum absolute atomic E-state index is 13.0. The van der Waals surface area contributed by atoms with E-state index in [-0.39, 0.29) is 18.0 Å². The highest BCUT2D eigenvalue weighted by atomic mass is 16.5. The number of piperazine rings is 1. The second-order valence-electron chi connectivity index (χ2n) is 7.98. The van der Waals surface area contributed by atoms with Gasteiger partial charge in [-0.1, -0.05) is 18.2 Å². The fourth-order valence-corrected chi connectivity index (χ4v) is 4.12. The molecule has 2 aromatic carbocycles. The molecule has 2 heterocycles. The number of amides is 1. The van der Waals surface area contributed by atoms with Crippen LogP contribution in [0.4, 0.5) is 5.69 Å². The predicted molar refractivity (Wildman–Crippen MR) is 115 cm³/mol. The number of benzene rings is 2. The van der Waals surface area contributed by atoms with Crippen molar-refractivity contribution in [2.24, 2.45) is 0 Å². The SMILES string of the molecule is COc1ccc(N2CCN(C(=O)C3CC(c4ccc(C)c(C)c4)NN3)CC2)cc1. The van der Waals surface area contributed by atoms with E-state index < -0.39 is 0 Å². The van der Waals surface area contributed by atoms with Gasteiger partial charge in [-0.3, -0.25) is 4.79 Å². The minimum Gasteiger partial charge on any atom is -0.497 e. The Balaban J connectivity index is 1.32. The molecule has 29 heavy (non-hydrogen) atoms. The van der Waals surface area contributed by atoms with E-state index in [0.29, 0.717) is 0 Å². The fourth-order valence-electron chi connectivity index (χ4n) is 4.12. The molecule has 2 saturated heterocycles. The molecule has 0 radical (unpaired) electrons. The molecule has 0 saturated carbocycles. The van der Waals surface area contributed by atoms with Gasteiger partial charge in [0.25, 0.3) is 0 Å². The smallest absolute Gasteiger partial charge is 0.241 e. The van der Waals surface area contributed by atoms with Gasteiger partial charge in [-0.2, -0.15) is 0 Å². The molecule has 0 spiro atoms. The van der Waals surface area contributed by atoms with Crippen LogP contribution in [0.2, 0.25) is 0 Å². The Hall–Kier alpha value is -2.57. The van der Waals surface area contributed by atoms with Crippen LogP contribution in [0.5, 0.6) is 5.75 Å². The van der Waals surface area contributed by atoms with Gasteiger partial charge in [-0.15, -0.1) is 0 Å². The van der Waals surface area contributed by atoms with E-state index in [1.807, 2.05) is 17.0 Å². The number of hydrogen-bond donors (Lipinski definition) is 2. The van der Waals surface area contributed by atoms with E-state index in [1.165, 1.54) is 22.4 Å². The van der Waals surface area contributed by atoms with Gasteiger partial charge in [0.2, 0.25) is 5.91 Å². The Morgan fingerprint density at radius 3 is 2.34 bits per heavy atom. The summed E-state index contributed by atoms with van der Waals surface area (Å²) in [6.45, 7) is 7.44. The van der Waals surface area contributed by atoms with Crippen molar-refractivity contribution in [3.8, 4) is 5.75 Å². The summed E-state index contributed by atoms with van der Waals surface area (Å²) in [5, 5.41) is 0. The molecule has 6 heteroatoms. The molecule has 2 aliphatic rings. The van der Waals surface area contributed by atoms with E-state index in [4.69, 9.17) is 4.74 Å². The number of hydrazine groups is 1. The first-order valence-electron chi connectivity index (χ1n) is 10.3. The summed E-state index contributed by atoms with van der Waals surface area (Å²) < 4.78 is 5.23. The topological polar surface area (TPSA) is 56.8 Å². The average Bonchev–Trinajstić information content (AvgIpc) is 3.25. The van der Waals surface area contributed by atoms with Crippen LogP contribution in [0.3, 0.4) is 0 Å². The second-order valence-corrected chi connectivity index (χ2v) is 7.98. The third-order valence-corrected chi connectivity index (χ3v) is 6.16. The lowest BCUT2D eigenvalue weighted by atomic mass is 9.98. The van der Waals surface area contributed by atoms with Gasteiger partial charge in [0.1, 0.15) is 11.8 Å². The standard InChI is InChI=1S/C23H30N4O2/c1-16-4-5-18(14-17(16)2)21-15-22(25-24-21)23(28)27-12-10-26(11-13-27)19-6-8-20(29-3)9-7-19/h4-9,14,21-22,24-25H,10-13,15H2,1-3H3. The van der Waals surface area contributed by atoms with Crippen molar-refractivity contribution in [2.75, 3.05) is 38.2 Å². The van der Waals surface area contributed by atoms with E-state index in [2.05, 4.69) is 59.9 Å². The minimum absolute atomic E-state index is 0.170. The van der Waals surface area contributed by atoms with Crippen LogP contribution in [0, 0.1) is 13.8 Å². The molecule has 2 N–H and O–H groups in total. The number of nitrogens with one attached hydrogen (secondary N) is 2. The lowest BCUT2D eigenvalue weighted by Crippen LogP contribution is -2.53. The van der Waals surface area contributed by atoms with Crippen LogP contribution in [0.1, 0.15) is 29.2 Å². The monoisotopic (exact) mass is 394 g/mol. The molecular weight excluding hydrogens is 364 g/mol. The first-order chi connectivity index (χ1) is 14.0. The molecule has 154 valence electrons. The number of ether oxygens (including phenoxy) is 1. The fraction of sp³-hybridized carbons (Fsp3) is 0.435. The van der Waals surface area contributed by atoms with Crippen LogP contribution >= 0.6 is 0 Å². The Labute approximate surface area is 172 Å². The first-order valence-corrected chi connectivity index (χ1v) is 10.3. The summed E-state index contributed by atoms with van der Waals surface area (Å²) in [5.74, 6) is 1.05. The van der Waals surface area contributed by atoms with Gasteiger partial charge < -0.3 is 14.5 Å². The normalized spacial score (nSPS) is 22.0. The highest BCUT2D eigenvalue weighted by Crippen LogP contribution is 2.26. The van der Waals surface area contributed by atoms with Crippen molar-refractivity contribution in [1.29, 1.82) is 0 Å². The zero-order valence-corrected chi connectivity index (χ0v) is 17.4. The number of methoxy groups -OCH3 is 1. The summed E-state index contributed by atoms with van der Waals surface area (Å²) in [6, 6.07) is 14.6. The number of carbonyl (C=O) groups excluding carboxylic acids is 1. The summed E-state index contributed by atoms with van der Waals surface area (Å²) in [4.78, 5) is 17.3. The summed E-state index contributed by atoms with van der Waals surface area (Å²) >= 11 is 0. The molecule has 2 unspecified atom stereocenters. The molecule has 6 nitrogen and oxygen atoms in total. The maximum atomic E-state index is 13.0. The number of aryl methyl sites for hydroxylation is 2. The van der Waals surface area contributed by atoms with Crippen molar-refractivity contribution in [2.45, 2.75) is 32.4 Å². The Kier molecular flexibility index (Phi) is 5.74. The van der Waals surface area contributed by atoms with Crippen LogP contribution in [-0.2, 0) is 4.79 Å². The zero-order chi connectivity index (χ0) is 20.4. The molecule has 0 bridgehead atoms. The Morgan fingerprint density at radius 1 is 0.966 bits per heavy atom. The summed E-state index contributed by atoms with van der Waals surface area (Å²) in [5.41, 5.74) is 11.5. The van der Waals surface area contributed by atoms with Crippen LogP contribution in [0.25, 0.3) is 0 Å². The first kappa shape index (κ1) is 19.7. The van der Waals surface area contributed by atoms with E-state index in [9.17, 15) is 4.79 Å². The molecule has 2 aliphatic heterocycles. The Morgan fingerprint density at radius 2 is 1.69 bits per heavy atom. The highest BCUT2D eigenvalue weighted by molar-refractivity contribution is 5.82. The number of rotatable bonds is 4. The lowest BCUT2D eigenvalue weighted by molar-refractivity contribution is -0.133. The number of anilines is 1. The van der Waals surface area contributed by atoms with Crippen molar-refractivity contribution in [3.05, 3.63) is 59.2 Å². The molecule has 2 atom stereocenters. The van der Waals surface area contributed by atoms with Gasteiger partial charge in [0, 0.05) is 37.9 Å². The third kappa shape index (κ3) is 4.23. The van der Waals surface area contributed by atoms with Crippen LogP contribution in [-0.4, -0.2) is 50.1 Å². The van der Waals surface area contributed by atoms with Crippen molar-refractivity contribution < 1.29 is 9.53 Å². The lowest BCUT2D eigenvalue weighted by Gasteiger charge is -2.37. The van der Waals surface area contributed by atoms with Crippen molar-refractivity contribution >= 4 is 11.6 Å². The second kappa shape index (κ2) is 8.43. The number of nitrogens with zero attached hydrogens (tertiary/aromatic N) is 2. The molecule has 2 aromatic rings. The van der Waals surface area contributed by atoms with Gasteiger partial charge in [-0.25, -0.2) is 10.9 Å². The van der Waals surface area contributed by atoms with Gasteiger partial charge in [-0.05, 0) is 61.2 Å². The largest absolute Gasteiger partial charge is 0.497 e. The quantitative estimate of drug-likeness (QED) is 0.835. The summed E-state index contributed by atoms with van der Waals surface area (Å²) in [6.07, 6.45) is 0.778. The average molecular weight is 395 g/mol. The van der Waals surface area contributed by atoms with Crippen LogP contribution in [0.15, 0.2) is 42.5 Å². The van der Waals surface area contributed by atoms with E-state index >= 15 is 0 Å². The maximum Gasteiger partial charge on any atom is 0.241 e. The molecule has 0 aromatic heterocycles. The molecule has 0 aliphatic carbocycles. The van der Waals surface area contributed by atoms with Crippen molar-refractivity contribution in [3.63, 3.8) is 0 Å². The third-order valence-electron chi connectivity index (χ3n) is 6.16. The van der Waals surface area contributed by atoms with E-state index in [1.54, 1.807) is 7.11 Å². The molecule has 2 fully saturated rings. The number of hydrogen-bond acceptors (Lipinski definition) is 5.